The number of hydrogen-bond acceptors (Lipinski definition) is 4. The lowest BCUT2D eigenvalue weighted by atomic mass is 9.96. The highest BCUT2D eigenvalue weighted by atomic mass is 16.5. The van der Waals surface area contributed by atoms with Gasteiger partial charge in [-0.1, -0.05) is 12.1 Å². The van der Waals surface area contributed by atoms with Crippen molar-refractivity contribution in [2.75, 3.05) is 39.4 Å². The van der Waals surface area contributed by atoms with Crippen molar-refractivity contribution in [2.24, 2.45) is 0 Å². The second-order valence-corrected chi connectivity index (χ2v) is 7.09. The minimum atomic E-state index is -0.0710. The molecule has 0 unspecified atom stereocenters. The van der Waals surface area contributed by atoms with Crippen LogP contribution in [0.2, 0.25) is 0 Å². The predicted molar refractivity (Wildman–Crippen MR) is 96.5 cm³/mol. The predicted octanol–water partition coefficient (Wildman–Crippen LogP) is 1.99. The zero-order valence-electron chi connectivity index (χ0n) is 14.8. The monoisotopic (exact) mass is 342 g/mol. The number of nitrogens with one attached hydrogen (secondary N) is 1. The van der Waals surface area contributed by atoms with Gasteiger partial charge >= 0.3 is 0 Å². The maximum Gasteiger partial charge on any atom is 0.239 e. The number of ether oxygens (including phenoxy) is 1. The minimum Gasteiger partial charge on any atom is -0.379 e. The van der Waals surface area contributed by atoms with E-state index in [0.29, 0.717) is 5.92 Å². The van der Waals surface area contributed by atoms with Crippen LogP contribution in [0, 0.1) is 0 Å². The van der Waals surface area contributed by atoms with E-state index < -0.39 is 0 Å². The first-order valence-corrected chi connectivity index (χ1v) is 9.27. The van der Waals surface area contributed by atoms with Crippen LogP contribution in [-0.2, 0) is 9.53 Å². The first-order valence-electron chi connectivity index (χ1n) is 9.27. The van der Waals surface area contributed by atoms with Crippen molar-refractivity contribution in [3.8, 4) is 0 Å². The summed E-state index contributed by atoms with van der Waals surface area (Å²) < 4.78 is 5.40. The van der Waals surface area contributed by atoms with Crippen LogP contribution in [0.5, 0.6) is 0 Å². The second kappa shape index (κ2) is 7.14. The van der Waals surface area contributed by atoms with Gasteiger partial charge in [-0.3, -0.25) is 9.69 Å². The van der Waals surface area contributed by atoms with Crippen molar-refractivity contribution >= 4 is 16.9 Å². The number of benzene rings is 1. The average Bonchev–Trinajstić information content (AvgIpc) is 3.12. The number of H-pyrrole nitrogens is 1. The lowest BCUT2D eigenvalue weighted by Crippen LogP contribution is -2.52. The summed E-state index contributed by atoms with van der Waals surface area (Å²) in [5.74, 6) is 1.54. The number of hydrogen-bond donors (Lipinski definition) is 1. The number of piperidine rings is 1. The molecule has 6 nitrogen and oxygen atoms in total. The Kier molecular flexibility index (Phi) is 4.72. The molecule has 0 spiro atoms. The van der Waals surface area contributed by atoms with Gasteiger partial charge in [0, 0.05) is 32.1 Å². The van der Waals surface area contributed by atoms with E-state index in [2.05, 4.69) is 16.0 Å². The summed E-state index contributed by atoms with van der Waals surface area (Å²) in [5.41, 5.74) is 2.07. The number of carbonyl (C=O) groups excluding carboxylic acids is 1. The standard InChI is InChI=1S/C19H26N4O2/c1-14(22-9-11-25-12-10-22)19(24)23-8-4-5-15(13-23)18-20-16-6-2-3-7-17(16)21-18/h2-3,6-7,14-15H,4-5,8-13H2,1H3,(H,20,21)/t14-,15+/m0/s1. The van der Waals surface area contributed by atoms with E-state index in [0.717, 1.165) is 69.1 Å². The highest BCUT2D eigenvalue weighted by Crippen LogP contribution is 2.27. The second-order valence-electron chi connectivity index (χ2n) is 7.09. The maximum absolute atomic E-state index is 13.0. The Balaban J connectivity index is 1.45. The number of imidazole rings is 1. The van der Waals surface area contributed by atoms with Gasteiger partial charge in [0.15, 0.2) is 0 Å². The molecule has 3 heterocycles. The Hall–Kier alpha value is -1.92. The summed E-state index contributed by atoms with van der Waals surface area (Å²) in [7, 11) is 0. The average molecular weight is 342 g/mol. The lowest BCUT2D eigenvalue weighted by Gasteiger charge is -2.37. The third-order valence-electron chi connectivity index (χ3n) is 5.48. The third kappa shape index (κ3) is 3.41. The van der Waals surface area contributed by atoms with Crippen LogP contribution in [0.1, 0.15) is 31.5 Å². The SMILES string of the molecule is C[C@@H](C(=O)N1CCC[C@@H](c2nc3ccccc3[nH]2)C1)N1CCOCC1. The summed E-state index contributed by atoms with van der Waals surface area (Å²) in [4.78, 5) is 25.4. The summed E-state index contributed by atoms with van der Waals surface area (Å²) in [5, 5.41) is 0. The molecule has 1 aromatic carbocycles. The quantitative estimate of drug-likeness (QED) is 0.927. The van der Waals surface area contributed by atoms with Crippen LogP contribution < -0.4 is 0 Å². The first-order chi connectivity index (χ1) is 12.2. The number of fused-ring (bicyclic) bond motifs is 1. The van der Waals surface area contributed by atoms with Gasteiger partial charge in [-0.15, -0.1) is 0 Å². The summed E-state index contributed by atoms with van der Waals surface area (Å²) in [6, 6.07) is 8.04. The Morgan fingerprint density at radius 3 is 2.88 bits per heavy atom. The molecule has 4 rings (SSSR count). The number of amides is 1. The molecule has 2 aliphatic heterocycles. The third-order valence-corrected chi connectivity index (χ3v) is 5.48. The number of aromatic amines is 1. The lowest BCUT2D eigenvalue weighted by molar-refractivity contribution is -0.139. The first kappa shape index (κ1) is 16.5. The highest BCUT2D eigenvalue weighted by molar-refractivity contribution is 5.81. The molecule has 1 amide bonds. The topological polar surface area (TPSA) is 61.5 Å². The molecule has 1 aromatic heterocycles. The van der Waals surface area contributed by atoms with E-state index in [4.69, 9.17) is 9.72 Å². The molecule has 0 bridgehead atoms. The van der Waals surface area contributed by atoms with Gasteiger partial charge in [0.2, 0.25) is 5.91 Å². The van der Waals surface area contributed by atoms with Gasteiger partial charge in [-0.05, 0) is 31.9 Å². The van der Waals surface area contributed by atoms with Crippen molar-refractivity contribution in [1.82, 2.24) is 19.8 Å². The minimum absolute atomic E-state index is 0.0710. The smallest absolute Gasteiger partial charge is 0.239 e. The van der Waals surface area contributed by atoms with Gasteiger partial charge in [0.05, 0.1) is 30.3 Å². The van der Waals surface area contributed by atoms with Crippen molar-refractivity contribution in [3.63, 3.8) is 0 Å². The molecule has 2 aliphatic rings. The zero-order chi connectivity index (χ0) is 17.2. The fourth-order valence-electron chi connectivity index (χ4n) is 3.95. The van der Waals surface area contributed by atoms with Crippen molar-refractivity contribution in [3.05, 3.63) is 30.1 Å². The van der Waals surface area contributed by atoms with Gasteiger partial charge < -0.3 is 14.6 Å². The van der Waals surface area contributed by atoms with Crippen molar-refractivity contribution < 1.29 is 9.53 Å². The Labute approximate surface area is 148 Å². The Morgan fingerprint density at radius 2 is 2.08 bits per heavy atom. The van der Waals surface area contributed by atoms with Gasteiger partial charge in [0.1, 0.15) is 5.82 Å². The molecule has 2 aromatic rings. The van der Waals surface area contributed by atoms with Crippen LogP contribution in [0.4, 0.5) is 0 Å². The molecule has 0 radical (unpaired) electrons. The summed E-state index contributed by atoms with van der Waals surface area (Å²) in [6.45, 7) is 6.76. The number of aromatic nitrogens is 2. The molecule has 0 saturated carbocycles. The fourth-order valence-corrected chi connectivity index (χ4v) is 3.95. The fraction of sp³-hybridized carbons (Fsp3) is 0.579. The number of para-hydroxylation sites is 2. The van der Waals surface area contributed by atoms with E-state index in [-0.39, 0.29) is 11.9 Å². The molecule has 2 saturated heterocycles. The molecule has 134 valence electrons. The molecule has 2 atom stereocenters. The van der Waals surface area contributed by atoms with E-state index >= 15 is 0 Å². The van der Waals surface area contributed by atoms with Gasteiger partial charge in [-0.2, -0.15) is 0 Å². The van der Waals surface area contributed by atoms with Crippen LogP contribution in [0.3, 0.4) is 0 Å². The van der Waals surface area contributed by atoms with Crippen LogP contribution in [-0.4, -0.2) is 71.1 Å². The maximum atomic E-state index is 13.0. The molecule has 25 heavy (non-hydrogen) atoms. The van der Waals surface area contributed by atoms with Gasteiger partial charge in [-0.25, -0.2) is 4.98 Å². The number of rotatable bonds is 3. The van der Waals surface area contributed by atoms with Crippen LogP contribution >= 0.6 is 0 Å². The molecule has 6 heteroatoms. The Morgan fingerprint density at radius 1 is 1.28 bits per heavy atom. The number of morpholine rings is 1. The van der Waals surface area contributed by atoms with E-state index in [9.17, 15) is 4.79 Å². The number of likely N-dealkylation sites (tertiary alicyclic amines) is 1. The van der Waals surface area contributed by atoms with Gasteiger partial charge in [0.25, 0.3) is 0 Å². The van der Waals surface area contributed by atoms with E-state index in [1.54, 1.807) is 0 Å². The highest BCUT2D eigenvalue weighted by Gasteiger charge is 2.31. The summed E-state index contributed by atoms with van der Waals surface area (Å²) in [6.07, 6.45) is 2.11. The number of nitrogens with zero attached hydrogens (tertiary/aromatic N) is 3. The zero-order valence-corrected chi connectivity index (χ0v) is 14.8. The molecule has 0 aliphatic carbocycles. The molecular formula is C19H26N4O2. The van der Waals surface area contributed by atoms with E-state index in [1.165, 1.54) is 0 Å². The Bertz CT molecular complexity index is 705. The van der Waals surface area contributed by atoms with Crippen molar-refractivity contribution in [2.45, 2.75) is 31.7 Å². The van der Waals surface area contributed by atoms with Crippen LogP contribution in [0.25, 0.3) is 11.0 Å². The normalized spacial score (nSPS) is 23.7. The summed E-state index contributed by atoms with van der Waals surface area (Å²) >= 11 is 0. The molecule has 1 N–H and O–H groups in total. The van der Waals surface area contributed by atoms with Crippen molar-refractivity contribution in [1.29, 1.82) is 0 Å². The molecular weight excluding hydrogens is 316 g/mol. The largest absolute Gasteiger partial charge is 0.379 e. The van der Waals surface area contributed by atoms with Crippen LogP contribution in [0.15, 0.2) is 24.3 Å². The molecule has 2 fully saturated rings. The number of carbonyl (C=O) groups is 1. The van der Waals surface area contributed by atoms with E-state index in [1.807, 2.05) is 30.0 Å².